The number of aromatic nitrogens is 1. The number of aromatic amines is 1. The molecule has 0 saturated heterocycles. The second kappa shape index (κ2) is 3.21. The van der Waals surface area contributed by atoms with Crippen LogP contribution in [0.25, 0.3) is 0 Å². The van der Waals surface area contributed by atoms with Crippen LogP contribution in [-0.2, 0) is 0 Å². The molecule has 11 heavy (non-hydrogen) atoms. The van der Waals surface area contributed by atoms with Crippen LogP contribution in [0.1, 0.15) is 17.4 Å². The summed E-state index contributed by atoms with van der Waals surface area (Å²) in [6.07, 6.45) is 0.836. The van der Waals surface area contributed by atoms with Gasteiger partial charge in [-0.2, -0.15) is 0 Å². The molecule has 0 aromatic carbocycles. The number of hydrogen-bond donors (Lipinski definition) is 3. The van der Waals surface area contributed by atoms with Gasteiger partial charge in [0.05, 0.1) is 0 Å². The SMILES string of the molecule is CC(O)NC(=O)c1ccc[nH]1. The third-order valence-corrected chi connectivity index (χ3v) is 1.18. The third kappa shape index (κ3) is 2.09. The zero-order valence-corrected chi connectivity index (χ0v) is 6.16. The van der Waals surface area contributed by atoms with Gasteiger partial charge < -0.3 is 15.4 Å². The number of hydrogen-bond acceptors (Lipinski definition) is 2. The average molecular weight is 154 g/mol. The summed E-state index contributed by atoms with van der Waals surface area (Å²) in [7, 11) is 0. The molecule has 4 nitrogen and oxygen atoms in total. The van der Waals surface area contributed by atoms with E-state index in [4.69, 9.17) is 5.11 Å². The van der Waals surface area contributed by atoms with Gasteiger partial charge in [-0.25, -0.2) is 0 Å². The van der Waals surface area contributed by atoms with Gasteiger partial charge in [0.2, 0.25) is 0 Å². The molecular formula is C7H10N2O2. The third-order valence-electron chi connectivity index (χ3n) is 1.18. The minimum Gasteiger partial charge on any atom is -0.374 e. The van der Waals surface area contributed by atoms with Crippen LogP contribution in [0.5, 0.6) is 0 Å². The molecule has 1 rings (SSSR count). The van der Waals surface area contributed by atoms with Gasteiger partial charge >= 0.3 is 0 Å². The van der Waals surface area contributed by atoms with Crippen molar-refractivity contribution in [3.63, 3.8) is 0 Å². The van der Waals surface area contributed by atoms with Crippen molar-refractivity contribution < 1.29 is 9.90 Å². The van der Waals surface area contributed by atoms with Crippen LogP contribution in [0.4, 0.5) is 0 Å². The summed E-state index contributed by atoms with van der Waals surface area (Å²) in [6, 6.07) is 3.36. The van der Waals surface area contributed by atoms with E-state index in [9.17, 15) is 4.79 Å². The lowest BCUT2D eigenvalue weighted by Gasteiger charge is -2.04. The number of H-pyrrole nitrogens is 1. The normalized spacial score (nSPS) is 12.5. The van der Waals surface area contributed by atoms with Crippen molar-refractivity contribution in [2.75, 3.05) is 0 Å². The van der Waals surface area contributed by atoms with Crippen LogP contribution in [0, 0.1) is 0 Å². The Balaban J connectivity index is 2.57. The fourth-order valence-corrected chi connectivity index (χ4v) is 0.739. The van der Waals surface area contributed by atoms with Crippen LogP contribution in [0.2, 0.25) is 0 Å². The maximum Gasteiger partial charge on any atom is 0.269 e. The summed E-state index contributed by atoms with van der Waals surface area (Å²) in [5.74, 6) is -0.301. The zero-order valence-electron chi connectivity index (χ0n) is 6.16. The number of amides is 1. The Labute approximate surface area is 64.2 Å². The van der Waals surface area contributed by atoms with Gasteiger partial charge in [-0.05, 0) is 19.1 Å². The number of aliphatic hydroxyl groups excluding tert-OH is 1. The first-order chi connectivity index (χ1) is 5.20. The van der Waals surface area contributed by atoms with E-state index in [-0.39, 0.29) is 5.91 Å². The van der Waals surface area contributed by atoms with Gasteiger partial charge in [0.25, 0.3) is 5.91 Å². The predicted octanol–water partition coefficient (Wildman–Crippen LogP) is 0.0828. The molecule has 0 saturated carbocycles. The van der Waals surface area contributed by atoms with Gasteiger partial charge in [0.1, 0.15) is 11.9 Å². The summed E-state index contributed by atoms with van der Waals surface area (Å²) in [5, 5.41) is 11.1. The highest BCUT2D eigenvalue weighted by molar-refractivity contribution is 5.92. The topological polar surface area (TPSA) is 65.1 Å². The second-order valence-electron chi connectivity index (χ2n) is 2.23. The van der Waals surface area contributed by atoms with Crippen LogP contribution in [0.3, 0.4) is 0 Å². The summed E-state index contributed by atoms with van der Waals surface area (Å²) in [5.41, 5.74) is 0.450. The lowest BCUT2D eigenvalue weighted by Crippen LogP contribution is -2.32. The van der Waals surface area contributed by atoms with Gasteiger partial charge in [0, 0.05) is 6.20 Å². The number of carbonyl (C=O) groups is 1. The van der Waals surface area contributed by atoms with Gasteiger partial charge in [-0.3, -0.25) is 4.79 Å². The molecule has 0 radical (unpaired) electrons. The van der Waals surface area contributed by atoms with E-state index >= 15 is 0 Å². The molecule has 1 aromatic rings. The van der Waals surface area contributed by atoms with Crippen molar-refractivity contribution in [3.05, 3.63) is 24.0 Å². The second-order valence-corrected chi connectivity index (χ2v) is 2.23. The van der Waals surface area contributed by atoms with E-state index in [0.29, 0.717) is 5.69 Å². The van der Waals surface area contributed by atoms with Crippen molar-refractivity contribution in [3.8, 4) is 0 Å². The Morgan fingerprint density at radius 2 is 2.55 bits per heavy atom. The molecule has 0 spiro atoms. The van der Waals surface area contributed by atoms with Crippen molar-refractivity contribution in [2.24, 2.45) is 0 Å². The Kier molecular flexibility index (Phi) is 2.28. The molecule has 0 fully saturated rings. The van der Waals surface area contributed by atoms with Crippen molar-refractivity contribution in [1.82, 2.24) is 10.3 Å². The minimum absolute atomic E-state index is 0.301. The van der Waals surface area contributed by atoms with E-state index < -0.39 is 6.23 Å². The minimum atomic E-state index is -0.814. The zero-order chi connectivity index (χ0) is 8.27. The van der Waals surface area contributed by atoms with E-state index in [0.717, 1.165) is 0 Å². The van der Waals surface area contributed by atoms with Gasteiger partial charge in [-0.1, -0.05) is 0 Å². The van der Waals surface area contributed by atoms with Crippen molar-refractivity contribution in [2.45, 2.75) is 13.2 Å². The van der Waals surface area contributed by atoms with E-state index in [2.05, 4.69) is 10.3 Å². The summed E-state index contributed by atoms with van der Waals surface area (Å²) >= 11 is 0. The Morgan fingerprint density at radius 3 is 3.00 bits per heavy atom. The van der Waals surface area contributed by atoms with Crippen LogP contribution < -0.4 is 5.32 Å². The summed E-state index contributed by atoms with van der Waals surface area (Å²) in [4.78, 5) is 13.7. The fourth-order valence-electron chi connectivity index (χ4n) is 0.739. The highest BCUT2D eigenvalue weighted by Crippen LogP contribution is 1.93. The monoisotopic (exact) mass is 154 g/mol. The molecule has 1 aromatic heterocycles. The molecular weight excluding hydrogens is 144 g/mol. The molecule has 4 heteroatoms. The molecule has 1 amide bonds. The van der Waals surface area contributed by atoms with Crippen molar-refractivity contribution in [1.29, 1.82) is 0 Å². The van der Waals surface area contributed by atoms with E-state index in [1.54, 1.807) is 18.3 Å². The van der Waals surface area contributed by atoms with Crippen molar-refractivity contribution >= 4 is 5.91 Å². The predicted molar refractivity (Wildman–Crippen MR) is 39.9 cm³/mol. The average Bonchev–Trinajstić information content (AvgIpc) is 2.35. The van der Waals surface area contributed by atoms with Crippen LogP contribution in [-0.4, -0.2) is 22.2 Å². The highest BCUT2D eigenvalue weighted by atomic mass is 16.3. The molecule has 0 aliphatic heterocycles. The Morgan fingerprint density at radius 1 is 1.82 bits per heavy atom. The molecule has 1 heterocycles. The molecule has 3 N–H and O–H groups in total. The van der Waals surface area contributed by atoms with Crippen LogP contribution in [0.15, 0.2) is 18.3 Å². The molecule has 1 unspecified atom stereocenters. The molecule has 60 valence electrons. The fraction of sp³-hybridized carbons (Fsp3) is 0.286. The number of nitrogens with one attached hydrogen (secondary N) is 2. The number of carbonyl (C=O) groups excluding carboxylic acids is 1. The lowest BCUT2D eigenvalue weighted by atomic mass is 10.4. The highest BCUT2D eigenvalue weighted by Gasteiger charge is 2.06. The first kappa shape index (κ1) is 7.81. The van der Waals surface area contributed by atoms with Gasteiger partial charge in [-0.15, -0.1) is 0 Å². The quantitative estimate of drug-likeness (QED) is 0.528. The first-order valence-corrected chi connectivity index (χ1v) is 3.32. The Hall–Kier alpha value is -1.29. The molecule has 0 aliphatic rings. The molecule has 0 aliphatic carbocycles. The summed E-state index contributed by atoms with van der Waals surface area (Å²) < 4.78 is 0. The molecule has 0 bridgehead atoms. The van der Waals surface area contributed by atoms with Crippen LogP contribution >= 0.6 is 0 Å². The largest absolute Gasteiger partial charge is 0.374 e. The Bertz CT molecular complexity index is 229. The lowest BCUT2D eigenvalue weighted by molar-refractivity contribution is 0.0814. The number of aliphatic hydroxyl groups is 1. The number of rotatable bonds is 2. The maximum absolute atomic E-state index is 11.0. The molecule has 1 atom stereocenters. The summed E-state index contributed by atoms with van der Waals surface area (Å²) in [6.45, 7) is 1.49. The maximum atomic E-state index is 11.0. The smallest absolute Gasteiger partial charge is 0.269 e. The van der Waals surface area contributed by atoms with E-state index in [1.807, 2.05) is 0 Å². The van der Waals surface area contributed by atoms with E-state index in [1.165, 1.54) is 6.92 Å². The first-order valence-electron chi connectivity index (χ1n) is 3.32. The standard InChI is InChI=1S/C7H10N2O2/c1-5(10)9-7(11)6-3-2-4-8-6/h2-5,8,10H,1H3,(H,9,11). The van der Waals surface area contributed by atoms with Gasteiger partial charge in [0.15, 0.2) is 0 Å².